The molecule has 0 bridgehead atoms. The smallest absolute Gasteiger partial charge is 0.234 e. The molecular weight excluding hydrogens is 633 g/mol. The van der Waals surface area contributed by atoms with Crippen LogP contribution in [0, 0.1) is 11.8 Å². The largest absolute Gasteiger partial charge is 0.409 e. The molecule has 268 valence electrons. The second-order valence-electron chi connectivity index (χ2n) is 12.0. The Kier molecular flexibility index (Phi) is 24.9. The van der Waals surface area contributed by atoms with Crippen LogP contribution in [-0.2, 0) is 38.4 Å². The standard InChI is InChI=1S/C30H51B3N8O8/c1-20(2)21(3)23(42)10-5-4-7-13-34-27(46)17-41(18-28(47)35-14-8-6-11-25(44)38-31)19-29(48)36-15-9-12-24(43)37-22(30(49)40-33)16-26(45)39-32/h20-22H,4-19H2,1-3H3,(H,34,46)(H,35,47)(H,36,48)(H,37,43)(H,38,44)(H,39,45)(H,40,49)/t21?,22-/m0/s1. The minimum absolute atomic E-state index is 0.0128. The average Bonchev–Trinajstić information content (AvgIpc) is 3.06. The zero-order chi connectivity index (χ0) is 37.2. The number of Topliss-reactive ketones (excluding diaryl/α,β-unsaturated/α-hetero) is 1. The van der Waals surface area contributed by atoms with Crippen LogP contribution < -0.4 is 37.0 Å². The number of hydrogen-bond donors (Lipinski definition) is 7. The van der Waals surface area contributed by atoms with Crippen molar-refractivity contribution in [2.24, 2.45) is 11.8 Å². The predicted octanol–water partition coefficient (Wildman–Crippen LogP) is -2.52. The van der Waals surface area contributed by atoms with E-state index >= 15 is 0 Å². The van der Waals surface area contributed by atoms with Gasteiger partial charge in [0.25, 0.3) is 0 Å². The molecule has 0 aromatic heterocycles. The SMILES string of the molecule is [B]NC(=O)CCCCNC(=O)CN(CC(=O)NCCCCCC(=O)C(C)C(C)C)CC(=O)NCCCC(=O)N[C@@H](CC(=O)N[B])C(=O)N[B]. The van der Waals surface area contributed by atoms with E-state index in [4.69, 9.17) is 23.9 Å². The van der Waals surface area contributed by atoms with Crippen LogP contribution in [0.3, 0.4) is 0 Å². The van der Waals surface area contributed by atoms with E-state index in [1.165, 1.54) is 4.90 Å². The lowest BCUT2D eigenvalue weighted by molar-refractivity contribution is -0.130. The van der Waals surface area contributed by atoms with Gasteiger partial charge in [-0.2, -0.15) is 0 Å². The number of ketones is 1. The van der Waals surface area contributed by atoms with Gasteiger partial charge in [-0.25, -0.2) is 0 Å². The Balaban J connectivity index is 4.87. The van der Waals surface area contributed by atoms with Gasteiger partial charge in [-0.15, -0.1) is 0 Å². The molecule has 16 nitrogen and oxygen atoms in total. The Morgan fingerprint density at radius 3 is 1.49 bits per heavy atom. The summed E-state index contributed by atoms with van der Waals surface area (Å²) in [7, 11) is 15.2. The Morgan fingerprint density at radius 1 is 0.531 bits per heavy atom. The fourth-order valence-corrected chi connectivity index (χ4v) is 4.38. The summed E-state index contributed by atoms with van der Waals surface area (Å²) in [6.45, 7) is 5.93. The summed E-state index contributed by atoms with van der Waals surface area (Å²) in [5, 5.41) is 16.2. The van der Waals surface area contributed by atoms with E-state index in [1.807, 2.05) is 36.5 Å². The van der Waals surface area contributed by atoms with E-state index in [9.17, 15) is 38.4 Å². The van der Waals surface area contributed by atoms with Gasteiger partial charge in [0.15, 0.2) is 0 Å². The zero-order valence-corrected chi connectivity index (χ0v) is 29.0. The molecule has 0 aliphatic heterocycles. The van der Waals surface area contributed by atoms with Gasteiger partial charge in [-0.3, -0.25) is 43.3 Å². The van der Waals surface area contributed by atoms with Crippen molar-refractivity contribution in [2.75, 3.05) is 39.3 Å². The molecule has 7 N–H and O–H groups in total. The molecule has 0 saturated carbocycles. The van der Waals surface area contributed by atoms with E-state index in [0.717, 1.165) is 12.8 Å². The van der Waals surface area contributed by atoms with Crippen molar-refractivity contribution in [2.45, 2.75) is 91.0 Å². The maximum atomic E-state index is 12.7. The van der Waals surface area contributed by atoms with E-state index in [-0.39, 0.29) is 75.5 Å². The molecule has 7 amide bonds. The Hall–Kier alpha value is -3.89. The Morgan fingerprint density at radius 2 is 1.00 bits per heavy atom. The van der Waals surface area contributed by atoms with Crippen LogP contribution in [0.4, 0.5) is 0 Å². The van der Waals surface area contributed by atoms with Gasteiger partial charge in [0.05, 0.1) is 26.1 Å². The highest BCUT2D eigenvalue weighted by Gasteiger charge is 2.22. The summed E-state index contributed by atoms with van der Waals surface area (Å²) in [5.41, 5.74) is 0. The van der Waals surface area contributed by atoms with E-state index in [1.54, 1.807) is 0 Å². The summed E-state index contributed by atoms with van der Waals surface area (Å²) in [6, 6.07) is -1.24. The third kappa shape index (κ3) is 23.2. The number of carbonyl (C=O) groups excluding carboxylic acids is 8. The molecule has 2 atom stereocenters. The summed E-state index contributed by atoms with van der Waals surface area (Å²) >= 11 is 0. The van der Waals surface area contributed by atoms with Crippen LogP contribution in [0.1, 0.15) is 85.0 Å². The minimum Gasteiger partial charge on any atom is -0.409 e. The molecule has 1 unspecified atom stereocenters. The van der Waals surface area contributed by atoms with Gasteiger partial charge in [-0.1, -0.05) is 27.2 Å². The van der Waals surface area contributed by atoms with Crippen LogP contribution in [0.2, 0.25) is 0 Å². The molecular formula is C30H51B3N8O8. The van der Waals surface area contributed by atoms with Crippen molar-refractivity contribution >= 4 is 71.1 Å². The number of unbranched alkanes of at least 4 members (excludes halogenated alkanes) is 3. The first kappa shape index (κ1) is 45.1. The number of nitrogens with one attached hydrogen (secondary N) is 7. The van der Waals surface area contributed by atoms with E-state index in [0.29, 0.717) is 38.1 Å². The lowest BCUT2D eigenvalue weighted by atomic mass is 9.91. The van der Waals surface area contributed by atoms with Gasteiger partial charge in [0.1, 0.15) is 11.8 Å². The van der Waals surface area contributed by atoms with Gasteiger partial charge in [-0.05, 0) is 38.0 Å². The number of amides is 7. The maximum absolute atomic E-state index is 12.7. The molecule has 0 rings (SSSR count). The highest BCUT2D eigenvalue weighted by atomic mass is 16.2. The maximum Gasteiger partial charge on any atom is 0.234 e. The summed E-state index contributed by atoms with van der Waals surface area (Å²) in [4.78, 5) is 98.3. The minimum atomic E-state index is -1.24. The van der Waals surface area contributed by atoms with Crippen molar-refractivity contribution in [3.63, 3.8) is 0 Å². The summed E-state index contributed by atoms with van der Waals surface area (Å²) < 4.78 is 0. The molecule has 0 aliphatic rings. The number of nitrogens with zero attached hydrogens (tertiary/aromatic N) is 1. The Labute approximate surface area is 293 Å². The first-order valence-electron chi connectivity index (χ1n) is 16.6. The summed E-state index contributed by atoms with van der Waals surface area (Å²) in [6.07, 6.45) is 3.56. The second kappa shape index (κ2) is 27.0. The normalized spacial score (nSPS) is 11.9. The zero-order valence-electron chi connectivity index (χ0n) is 29.0. The van der Waals surface area contributed by atoms with Crippen LogP contribution in [0.5, 0.6) is 0 Å². The highest BCUT2D eigenvalue weighted by molar-refractivity contribution is 6.17. The monoisotopic (exact) mass is 684 g/mol. The summed E-state index contributed by atoms with van der Waals surface area (Å²) in [5.74, 6) is -3.12. The van der Waals surface area contributed by atoms with Crippen molar-refractivity contribution in [1.82, 2.24) is 41.9 Å². The van der Waals surface area contributed by atoms with Gasteiger partial charge < -0.3 is 37.0 Å². The van der Waals surface area contributed by atoms with Crippen molar-refractivity contribution in [3.8, 4) is 0 Å². The molecule has 0 heterocycles. The predicted molar refractivity (Wildman–Crippen MR) is 184 cm³/mol. The second-order valence-corrected chi connectivity index (χ2v) is 12.0. The molecule has 6 radical (unpaired) electrons. The van der Waals surface area contributed by atoms with Gasteiger partial charge >= 0.3 is 0 Å². The van der Waals surface area contributed by atoms with Crippen molar-refractivity contribution in [1.29, 1.82) is 0 Å². The number of carbonyl (C=O) groups is 8. The Bertz CT molecular complexity index is 1100. The van der Waals surface area contributed by atoms with Crippen LogP contribution >= 0.6 is 0 Å². The first-order valence-corrected chi connectivity index (χ1v) is 16.6. The van der Waals surface area contributed by atoms with E-state index in [2.05, 4.69) is 21.3 Å². The van der Waals surface area contributed by atoms with Crippen LogP contribution in [0.15, 0.2) is 0 Å². The highest BCUT2D eigenvalue weighted by Crippen LogP contribution is 2.14. The lowest BCUT2D eigenvalue weighted by Crippen LogP contribution is -2.48. The average molecular weight is 684 g/mol. The quantitative estimate of drug-likeness (QED) is 0.0358. The first-order chi connectivity index (χ1) is 23.2. The topological polar surface area (TPSA) is 224 Å². The molecule has 49 heavy (non-hydrogen) atoms. The molecule has 19 heteroatoms. The van der Waals surface area contributed by atoms with E-state index < -0.39 is 42.0 Å². The van der Waals surface area contributed by atoms with Gasteiger partial charge in [0.2, 0.25) is 65.3 Å². The van der Waals surface area contributed by atoms with Crippen molar-refractivity contribution in [3.05, 3.63) is 0 Å². The fourth-order valence-electron chi connectivity index (χ4n) is 4.38. The molecule has 0 aliphatic carbocycles. The third-order valence-electron chi connectivity index (χ3n) is 7.59. The number of rotatable bonds is 27. The van der Waals surface area contributed by atoms with Crippen LogP contribution in [0.25, 0.3) is 0 Å². The molecule has 0 aromatic rings. The molecule has 0 aromatic carbocycles. The lowest BCUT2D eigenvalue weighted by Gasteiger charge is -2.21. The molecule has 0 saturated heterocycles. The van der Waals surface area contributed by atoms with Gasteiger partial charge in [0, 0.05) is 44.8 Å². The number of hydrogen-bond acceptors (Lipinski definition) is 9. The fraction of sp³-hybridized carbons (Fsp3) is 0.733. The van der Waals surface area contributed by atoms with Crippen molar-refractivity contribution < 1.29 is 38.4 Å². The molecule has 0 spiro atoms. The third-order valence-corrected chi connectivity index (χ3v) is 7.59. The van der Waals surface area contributed by atoms with Crippen LogP contribution in [-0.4, -0.2) is 121 Å². The molecule has 0 fully saturated rings.